The first kappa shape index (κ1) is 12.7. The first-order chi connectivity index (χ1) is 8.86. The Morgan fingerprint density at radius 3 is 2.56 bits per heavy atom. The van der Waals surface area contributed by atoms with Gasteiger partial charge in [0, 0.05) is 12.4 Å². The summed E-state index contributed by atoms with van der Waals surface area (Å²) in [7, 11) is 0. The lowest BCUT2D eigenvalue weighted by Gasteiger charge is -2.08. The molecule has 0 spiro atoms. The molecule has 1 aromatic carbocycles. The van der Waals surface area contributed by atoms with Crippen LogP contribution in [0, 0.1) is 0 Å². The van der Waals surface area contributed by atoms with Crippen molar-refractivity contribution in [3.8, 4) is 11.3 Å². The molecule has 0 atom stereocenters. The van der Waals surface area contributed by atoms with Crippen LogP contribution in [0.25, 0.3) is 17.5 Å². The quantitative estimate of drug-likeness (QED) is 0.626. The number of benzene rings is 1. The predicted octanol–water partition coefficient (Wildman–Crippen LogP) is 4.99. The van der Waals surface area contributed by atoms with Crippen LogP contribution >= 0.6 is 0 Å². The number of aromatic nitrogens is 1. The van der Waals surface area contributed by atoms with Crippen molar-refractivity contribution in [2.24, 2.45) is 0 Å². The molecule has 0 saturated heterocycles. The van der Waals surface area contributed by atoms with Gasteiger partial charge < -0.3 is 4.57 Å². The Balaban J connectivity index is 2.31. The van der Waals surface area contributed by atoms with Crippen molar-refractivity contribution in [2.75, 3.05) is 0 Å². The fourth-order valence-corrected chi connectivity index (χ4v) is 2.34. The molecule has 0 bridgehead atoms. The smallest absolute Gasteiger partial charge is 0.0553 e. The van der Waals surface area contributed by atoms with Crippen LogP contribution < -0.4 is 0 Å². The Bertz CT molecular complexity index is 494. The maximum Gasteiger partial charge on any atom is 0.0553 e. The third kappa shape index (κ3) is 2.73. The van der Waals surface area contributed by atoms with Crippen molar-refractivity contribution in [1.29, 1.82) is 0 Å². The highest BCUT2D eigenvalue weighted by Gasteiger charge is 2.09. The van der Waals surface area contributed by atoms with Gasteiger partial charge in [-0.3, -0.25) is 0 Å². The Hall–Kier alpha value is -1.76. The number of hydrogen-bond donors (Lipinski definition) is 0. The van der Waals surface area contributed by atoms with Crippen molar-refractivity contribution in [1.82, 2.24) is 4.57 Å². The van der Waals surface area contributed by atoms with E-state index in [-0.39, 0.29) is 0 Å². The van der Waals surface area contributed by atoms with Crippen LogP contribution in [0.15, 0.2) is 49.2 Å². The highest BCUT2D eigenvalue weighted by molar-refractivity contribution is 5.66. The first-order valence-corrected chi connectivity index (χ1v) is 6.74. The molecule has 94 valence electrons. The number of unbranched alkanes of at least 4 members (excludes halogenated alkanes) is 2. The SMILES string of the molecule is C=Cn1ccc(CCCCC)c1-c1ccccc1. The van der Waals surface area contributed by atoms with Gasteiger partial charge in [-0.05, 0) is 30.0 Å². The van der Waals surface area contributed by atoms with E-state index >= 15 is 0 Å². The molecule has 1 heterocycles. The average molecular weight is 239 g/mol. The molecule has 0 N–H and O–H groups in total. The van der Waals surface area contributed by atoms with Crippen LogP contribution in [0.5, 0.6) is 0 Å². The normalized spacial score (nSPS) is 10.5. The van der Waals surface area contributed by atoms with Crippen molar-refractivity contribution in [3.63, 3.8) is 0 Å². The molecule has 1 heteroatoms. The zero-order valence-electron chi connectivity index (χ0n) is 11.1. The van der Waals surface area contributed by atoms with Crippen molar-refractivity contribution < 1.29 is 0 Å². The second kappa shape index (κ2) is 6.25. The lowest BCUT2D eigenvalue weighted by atomic mass is 10.0. The lowest BCUT2D eigenvalue weighted by molar-refractivity contribution is 0.718. The van der Waals surface area contributed by atoms with Gasteiger partial charge >= 0.3 is 0 Å². The minimum absolute atomic E-state index is 1.15. The molecule has 0 aliphatic carbocycles. The molecule has 0 unspecified atom stereocenters. The van der Waals surface area contributed by atoms with Crippen LogP contribution in [-0.2, 0) is 6.42 Å². The Morgan fingerprint density at radius 2 is 1.89 bits per heavy atom. The minimum Gasteiger partial charge on any atom is -0.324 e. The third-order valence-electron chi connectivity index (χ3n) is 3.29. The van der Waals surface area contributed by atoms with E-state index in [4.69, 9.17) is 0 Å². The number of aryl methyl sites for hydroxylation is 1. The summed E-state index contributed by atoms with van der Waals surface area (Å²) in [4.78, 5) is 0. The molecule has 0 fully saturated rings. The monoisotopic (exact) mass is 239 g/mol. The van der Waals surface area contributed by atoms with Gasteiger partial charge in [-0.25, -0.2) is 0 Å². The maximum atomic E-state index is 3.89. The molecule has 0 aliphatic heterocycles. The van der Waals surface area contributed by atoms with Crippen LogP contribution in [0.3, 0.4) is 0 Å². The molecular weight excluding hydrogens is 218 g/mol. The summed E-state index contributed by atoms with van der Waals surface area (Å²) in [5, 5.41) is 0. The predicted molar refractivity (Wildman–Crippen MR) is 79.5 cm³/mol. The van der Waals surface area contributed by atoms with Crippen molar-refractivity contribution >= 4 is 6.20 Å². The molecule has 2 rings (SSSR count). The molecular formula is C17H21N. The van der Waals surface area contributed by atoms with E-state index in [1.54, 1.807) is 0 Å². The van der Waals surface area contributed by atoms with E-state index in [1.165, 1.54) is 36.1 Å². The molecule has 1 aromatic heterocycles. The fourth-order valence-electron chi connectivity index (χ4n) is 2.34. The largest absolute Gasteiger partial charge is 0.324 e. The zero-order chi connectivity index (χ0) is 12.8. The zero-order valence-corrected chi connectivity index (χ0v) is 11.1. The molecule has 0 radical (unpaired) electrons. The van der Waals surface area contributed by atoms with E-state index in [2.05, 4.69) is 60.7 Å². The highest BCUT2D eigenvalue weighted by Crippen LogP contribution is 2.26. The fraction of sp³-hybridized carbons (Fsp3) is 0.294. The van der Waals surface area contributed by atoms with Crippen molar-refractivity contribution in [3.05, 3.63) is 54.7 Å². The second-order valence-electron chi connectivity index (χ2n) is 4.60. The first-order valence-electron chi connectivity index (χ1n) is 6.74. The van der Waals surface area contributed by atoms with Crippen LogP contribution in [0.2, 0.25) is 0 Å². The van der Waals surface area contributed by atoms with E-state index in [1.807, 2.05) is 6.20 Å². The van der Waals surface area contributed by atoms with Gasteiger partial charge in [-0.15, -0.1) is 0 Å². The van der Waals surface area contributed by atoms with Gasteiger partial charge in [0.2, 0.25) is 0 Å². The summed E-state index contributed by atoms with van der Waals surface area (Å²) in [6, 6.07) is 12.8. The van der Waals surface area contributed by atoms with E-state index in [0.29, 0.717) is 0 Å². The maximum absolute atomic E-state index is 3.89. The molecule has 18 heavy (non-hydrogen) atoms. The molecule has 1 nitrogen and oxygen atoms in total. The summed E-state index contributed by atoms with van der Waals surface area (Å²) in [5.41, 5.74) is 3.99. The van der Waals surface area contributed by atoms with Crippen LogP contribution in [-0.4, -0.2) is 4.57 Å². The number of nitrogens with zero attached hydrogens (tertiary/aromatic N) is 1. The second-order valence-corrected chi connectivity index (χ2v) is 4.60. The summed E-state index contributed by atoms with van der Waals surface area (Å²) in [6.45, 7) is 6.13. The van der Waals surface area contributed by atoms with Gasteiger partial charge in [0.25, 0.3) is 0 Å². The number of hydrogen-bond acceptors (Lipinski definition) is 0. The Labute approximate surface area is 110 Å². The summed E-state index contributed by atoms with van der Waals surface area (Å²) in [5.74, 6) is 0. The highest BCUT2D eigenvalue weighted by atomic mass is 14.9. The Morgan fingerprint density at radius 1 is 1.11 bits per heavy atom. The summed E-state index contributed by atoms with van der Waals surface area (Å²) < 4.78 is 2.12. The summed E-state index contributed by atoms with van der Waals surface area (Å²) >= 11 is 0. The van der Waals surface area contributed by atoms with Crippen LogP contribution in [0.4, 0.5) is 0 Å². The van der Waals surface area contributed by atoms with Gasteiger partial charge in [0.1, 0.15) is 0 Å². The van der Waals surface area contributed by atoms with Gasteiger partial charge in [0.05, 0.1) is 5.69 Å². The molecule has 0 amide bonds. The molecule has 2 aromatic rings. The average Bonchev–Trinajstić information content (AvgIpc) is 2.83. The van der Waals surface area contributed by atoms with Crippen LogP contribution in [0.1, 0.15) is 31.7 Å². The van der Waals surface area contributed by atoms with Gasteiger partial charge in [0.15, 0.2) is 0 Å². The topological polar surface area (TPSA) is 4.93 Å². The Kier molecular flexibility index (Phi) is 4.40. The van der Waals surface area contributed by atoms with Crippen molar-refractivity contribution in [2.45, 2.75) is 32.6 Å². The van der Waals surface area contributed by atoms with E-state index in [0.717, 1.165) is 6.42 Å². The minimum atomic E-state index is 1.15. The van der Waals surface area contributed by atoms with E-state index < -0.39 is 0 Å². The number of rotatable bonds is 6. The lowest BCUT2D eigenvalue weighted by Crippen LogP contribution is -1.93. The molecule has 0 saturated carbocycles. The van der Waals surface area contributed by atoms with Gasteiger partial charge in [-0.2, -0.15) is 0 Å². The molecule has 0 aliphatic rings. The third-order valence-corrected chi connectivity index (χ3v) is 3.29. The van der Waals surface area contributed by atoms with Gasteiger partial charge in [-0.1, -0.05) is 56.7 Å². The van der Waals surface area contributed by atoms with E-state index in [9.17, 15) is 0 Å². The standard InChI is InChI=1S/C17H21N/c1-3-5-7-10-16-13-14-18(4-2)17(16)15-11-8-6-9-12-15/h4,6,8-9,11-14H,2-3,5,7,10H2,1H3. The summed E-state index contributed by atoms with van der Waals surface area (Å²) in [6.07, 6.45) is 8.97.